The summed E-state index contributed by atoms with van der Waals surface area (Å²) in [5.41, 5.74) is 2.50. The van der Waals surface area contributed by atoms with Crippen molar-refractivity contribution in [2.75, 3.05) is 13.6 Å². The van der Waals surface area contributed by atoms with Crippen LogP contribution in [0.1, 0.15) is 28.4 Å². The van der Waals surface area contributed by atoms with Gasteiger partial charge in [-0.25, -0.2) is 4.39 Å². The van der Waals surface area contributed by atoms with E-state index in [0.29, 0.717) is 0 Å². The molecule has 1 N–H and O–H groups in total. The van der Waals surface area contributed by atoms with Crippen molar-refractivity contribution in [2.45, 2.75) is 26.1 Å². The number of halogens is 1. The Kier molecular flexibility index (Phi) is 7.38. The predicted octanol–water partition coefficient (Wildman–Crippen LogP) is 4.72. The molecule has 0 spiro atoms. The third-order valence-corrected chi connectivity index (χ3v) is 5.12. The topological polar surface area (TPSA) is 41.6 Å². The van der Waals surface area contributed by atoms with Crippen LogP contribution < -0.4 is 10.1 Å². The van der Waals surface area contributed by atoms with E-state index in [2.05, 4.69) is 40.2 Å². The van der Waals surface area contributed by atoms with Crippen LogP contribution in [0.4, 0.5) is 4.39 Å². The molecule has 0 radical (unpaired) electrons. The summed E-state index contributed by atoms with van der Waals surface area (Å²) >= 11 is 1.71. The van der Waals surface area contributed by atoms with E-state index in [1.807, 2.05) is 25.1 Å². The lowest BCUT2D eigenvalue weighted by Gasteiger charge is -2.18. The van der Waals surface area contributed by atoms with Crippen molar-refractivity contribution in [1.82, 2.24) is 10.2 Å². The first kappa shape index (κ1) is 21.0. The lowest BCUT2D eigenvalue weighted by Crippen LogP contribution is -2.34. The fraction of sp³-hybridized carbons (Fsp3) is 0.261. The molecule has 4 nitrogen and oxygen atoms in total. The molecule has 0 saturated carbocycles. The fourth-order valence-corrected chi connectivity index (χ4v) is 3.69. The maximum atomic E-state index is 13.7. The molecule has 1 atom stereocenters. The molecule has 0 aliphatic carbocycles. The van der Waals surface area contributed by atoms with Gasteiger partial charge in [0.1, 0.15) is 17.7 Å². The zero-order valence-corrected chi connectivity index (χ0v) is 17.4. The number of nitrogens with one attached hydrogen (secondary N) is 1. The molecule has 0 saturated heterocycles. The Labute approximate surface area is 174 Å². The molecular formula is C23H25FN2O2S. The van der Waals surface area contributed by atoms with Crippen molar-refractivity contribution < 1.29 is 13.9 Å². The summed E-state index contributed by atoms with van der Waals surface area (Å²) in [5, 5.41) is 6.97. The van der Waals surface area contributed by atoms with Crippen molar-refractivity contribution in [3.63, 3.8) is 0 Å². The molecule has 3 rings (SSSR count). The number of carbonyl (C=O) groups excluding carboxylic acids is 1. The van der Waals surface area contributed by atoms with Crippen molar-refractivity contribution in [3.8, 4) is 5.75 Å². The van der Waals surface area contributed by atoms with Crippen LogP contribution >= 0.6 is 11.3 Å². The highest BCUT2D eigenvalue weighted by Gasteiger charge is 2.13. The van der Waals surface area contributed by atoms with Gasteiger partial charge in [-0.1, -0.05) is 24.3 Å². The third kappa shape index (κ3) is 6.41. The number of rotatable bonds is 9. The Morgan fingerprint density at radius 1 is 1.14 bits per heavy atom. The Morgan fingerprint density at radius 2 is 1.93 bits per heavy atom. The normalized spacial score (nSPS) is 12.0. The number of hydrogen-bond acceptors (Lipinski definition) is 4. The number of thiophene rings is 1. The minimum Gasteiger partial charge on any atom is -0.489 e. The van der Waals surface area contributed by atoms with Crippen LogP contribution in [0.15, 0.2) is 65.4 Å². The molecule has 0 aliphatic heterocycles. The van der Waals surface area contributed by atoms with Crippen molar-refractivity contribution in [1.29, 1.82) is 0 Å². The average molecular weight is 413 g/mol. The summed E-state index contributed by atoms with van der Waals surface area (Å²) < 4.78 is 19.6. The standard InChI is InChI=1S/C23H25FN2O2S/c1-17(13-25-23(27)21-8-3-4-9-22(21)24)28-20-7-5-6-18(12-20)14-26(2)15-19-10-11-29-16-19/h3-12,16-17H,13-15H2,1-2H3,(H,25,27)/t17-/m1/s1. The predicted molar refractivity (Wildman–Crippen MR) is 115 cm³/mol. The molecule has 0 unspecified atom stereocenters. The van der Waals surface area contributed by atoms with Crippen LogP contribution in [0.25, 0.3) is 0 Å². The molecular weight excluding hydrogens is 387 g/mol. The molecule has 2 aromatic carbocycles. The first-order valence-corrected chi connectivity index (χ1v) is 10.4. The van der Waals surface area contributed by atoms with Crippen molar-refractivity contribution >= 4 is 17.2 Å². The van der Waals surface area contributed by atoms with E-state index in [-0.39, 0.29) is 18.2 Å². The molecule has 0 fully saturated rings. The van der Waals surface area contributed by atoms with Crippen LogP contribution in [0.2, 0.25) is 0 Å². The maximum Gasteiger partial charge on any atom is 0.254 e. The number of nitrogens with zero attached hydrogens (tertiary/aromatic N) is 1. The van der Waals surface area contributed by atoms with Crippen molar-refractivity contribution in [2.24, 2.45) is 0 Å². The highest BCUT2D eigenvalue weighted by atomic mass is 32.1. The summed E-state index contributed by atoms with van der Waals surface area (Å²) in [6, 6.07) is 16.0. The molecule has 1 heterocycles. The largest absolute Gasteiger partial charge is 0.489 e. The lowest BCUT2D eigenvalue weighted by atomic mass is 10.2. The molecule has 1 amide bonds. The summed E-state index contributed by atoms with van der Waals surface area (Å²) in [4.78, 5) is 14.4. The highest BCUT2D eigenvalue weighted by Crippen LogP contribution is 2.17. The number of ether oxygens (including phenoxy) is 1. The Bertz CT molecular complexity index is 930. The summed E-state index contributed by atoms with van der Waals surface area (Å²) in [5.74, 6) is -0.223. The van der Waals surface area contributed by atoms with E-state index < -0.39 is 11.7 Å². The molecule has 152 valence electrons. The molecule has 29 heavy (non-hydrogen) atoms. The van der Waals surface area contributed by atoms with Crippen LogP contribution in [0, 0.1) is 5.82 Å². The van der Waals surface area contributed by atoms with E-state index in [1.54, 1.807) is 23.5 Å². The van der Waals surface area contributed by atoms with Gasteiger partial charge in [0.2, 0.25) is 0 Å². The SMILES string of the molecule is C[C@H](CNC(=O)c1ccccc1F)Oc1cccc(CN(C)Cc2ccsc2)c1. The highest BCUT2D eigenvalue weighted by molar-refractivity contribution is 7.07. The van der Waals surface area contributed by atoms with Gasteiger partial charge in [0.05, 0.1) is 12.1 Å². The van der Waals surface area contributed by atoms with Gasteiger partial charge in [0, 0.05) is 13.1 Å². The summed E-state index contributed by atoms with van der Waals surface area (Å²) in [6.07, 6.45) is -0.246. The second-order valence-corrected chi connectivity index (χ2v) is 7.85. The van der Waals surface area contributed by atoms with Gasteiger partial charge < -0.3 is 10.1 Å². The van der Waals surface area contributed by atoms with Gasteiger partial charge in [-0.2, -0.15) is 11.3 Å². The summed E-state index contributed by atoms with van der Waals surface area (Å²) in [7, 11) is 2.09. The molecule has 0 aliphatic rings. The zero-order valence-electron chi connectivity index (χ0n) is 16.6. The fourth-order valence-electron chi connectivity index (χ4n) is 3.03. The molecule has 1 aromatic heterocycles. The smallest absolute Gasteiger partial charge is 0.254 e. The average Bonchev–Trinajstić information content (AvgIpc) is 3.19. The molecule has 6 heteroatoms. The van der Waals surface area contributed by atoms with Crippen LogP contribution in [0.5, 0.6) is 5.75 Å². The number of carbonyl (C=O) groups is 1. The van der Waals surface area contributed by atoms with E-state index in [1.165, 1.54) is 17.7 Å². The Balaban J connectivity index is 1.50. The first-order chi connectivity index (χ1) is 14.0. The van der Waals surface area contributed by atoms with Gasteiger partial charge >= 0.3 is 0 Å². The first-order valence-electron chi connectivity index (χ1n) is 9.49. The minimum absolute atomic E-state index is 0.0374. The maximum absolute atomic E-state index is 13.7. The van der Waals surface area contributed by atoms with Crippen molar-refractivity contribution in [3.05, 3.63) is 87.9 Å². The second kappa shape index (κ2) is 10.2. The third-order valence-electron chi connectivity index (χ3n) is 4.39. The van der Waals surface area contributed by atoms with E-state index in [4.69, 9.17) is 4.74 Å². The van der Waals surface area contributed by atoms with Crippen LogP contribution in [-0.2, 0) is 13.1 Å². The van der Waals surface area contributed by atoms with Gasteiger partial charge in [-0.3, -0.25) is 9.69 Å². The van der Waals surface area contributed by atoms with Crippen LogP contribution in [0.3, 0.4) is 0 Å². The Morgan fingerprint density at radius 3 is 2.69 bits per heavy atom. The quantitative estimate of drug-likeness (QED) is 0.553. The molecule has 3 aromatic rings. The summed E-state index contributed by atoms with van der Waals surface area (Å²) in [6.45, 7) is 3.87. The van der Waals surface area contributed by atoms with Gasteiger partial charge in [-0.05, 0) is 66.2 Å². The van der Waals surface area contributed by atoms with E-state index in [9.17, 15) is 9.18 Å². The monoisotopic (exact) mass is 412 g/mol. The number of benzene rings is 2. The molecule has 0 bridgehead atoms. The lowest BCUT2D eigenvalue weighted by molar-refractivity contribution is 0.0928. The minimum atomic E-state index is -0.530. The second-order valence-electron chi connectivity index (χ2n) is 7.07. The van der Waals surface area contributed by atoms with Gasteiger partial charge in [0.25, 0.3) is 5.91 Å². The van der Waals surface area contributed by atoms with Crippen LogP contribution in [-0.4, -0.2) is 30.5 Å². The Hall–Kier alpha value is -2.70. The van der Waals surface area contributed by atoms with Gasteiger partial charge in [-0.15, -0.1) is 0 Å². The van der Waals surface area contributed by atoms with E-state index >= 15 is 0 Å². The zero-order chi connectivity index (χ0) is 20.6. The number of hydrogen-bond donors (Lipinski definition) is 1. The van der Waals surface area contributed by atoms with Gasteiger partial charge in [0.15, 0.2) is 0 Å². The number of amides is 1. The van der Waals surface area contributed by atoms with E-state index in [0.717, 1.165) is 24.4 Å².